The molecule has 0 aromatic heterocycles. The average Bonchev–Trinajstić information content (AvgIpc) is 2.33. The van der Waals surface area contributed by atoms with Crippen molar-refractivity contribution in [3.05, 3.63) is 26.8 Å². The molecular formula is C15H25IN2O. The minimum absolute atomic E-state index is 0.450. The molecule has 0 aliphatic heterocycles. The van der Waals surface area contributed by atoms with Crippen LogP contribution in [0.25, 0.3) is 0 Å². The molecule has 0 saturated carbocycles. The zero-order valence-electron chi connectivity index (χ0n) is 12.4. The molecule has 0 saturated heterocycles. The lowest BCUT2D eigenvalue weighted by molar-refractivity contribution is 0.256. The lowest BCUT2D eigenvalue weighted by Crippen LogP contribution is -2.27. The van der Waals surface area contributed by atoms with Gasteiger partial charge in [0.1, 0.15) is 5.75 Å². The van der Waals surface area contributed by atoms with Crippen LogP contribution in [0.3, 0.4) is 0 Å². The van der Waals surface area contributed by atoms with E-state index < -0.39 is 0 Å². The van der Waals surface area contributed by atoms with Crippen LogP contribution in [0.15, 0.2) is 12.1 Å². The lowest BCUT2D eigenvalue weighted by Gasteiger charge is -2.22. The molecule has 0 unspecified atom stereocenters. The van der Waals surface area contributed by atoms with Crippen molar-refractivity contribution in [1.82, 2.24) is 9.80 Å². The summed E-state index contributed by atoms with van der Waals surface area (Å²) in [6.45, 7) is 8.15. The van der Waals surface area contributed by atoms with E-state index in [1.54, 1.807) is 0 Å². The number of aryl methyl sites for hydroxylation is 1. The van der Waals surface area contributed by atoms with Crippen LogP contribution in [0.1, 0.15) is 24.5 Å². The molecule has 0 heterocycles. The first-order chi connectivity index (χ1) is 8.93. The first-order valence-electron chi connectivity index (χ1n) is 6.79. The zero-order valence-corrected chi connectivity index (χ0v) is 14.6. The Balaban J connectivity index is 2.65. The fraction of sp³-hybridized carbons (Fsp3) is 0.600. The number of phenols is 1. The van der Waals surface area contributed by atoms with Crippen molar-refractivity contribution in [2.24, 2.45) is 0 Å². The number of hydrogen-bond acceptors (Lipinski definition) is 3. The van der Waals surface area contributed by atoms with Gasteiger partial charge in [-0.2, -0.15) is 0 Å². The van der Waals surface area contributed by atoms with Gasteiger partial charge < -0.3 is 10.0 Å². The Kier molecular flexibility index (Phi) is 7.10. The number of nitrogens with zero attached hydrogens (tertiary/aromatic N) is 2. The molecule has 0 atom stereocenters. The Bertz CT molecular complexity index is 407. The predicted molar refractivity (Wildman–Crippen MR) is 89.7 cm³/mol. The summed E-state index contributed by atoms with van der Waals surface area (Å²) in [4.78, 5) is 4.59. The van der Waals surface area contributed by atoms with Gasteiger partial charge in [-0.3, -0.25) is 4.90 Å². The van der Waals surface area contributed by atoms with Gasteiger partial charge in [0.25, 0.3) is 0 Å². The van der Waals surface area contributed by atoms with Crippen molar-refractivity contribution in [2.75, 3.05) is 33.7 Å². The highest BCUT2D eigenvalue weighted by molar-refractivity contribution is 14.1. The molecule has 0 fully saturated rings. The predicted octanol–water partition coefficient (Wildman–Crippen LogP) is 3.08. The molecule has 0 bridgehead atoms. The standard InChI is InChI=1S/C15H25IN2O/c1-5-18(8-6-7-17(3)4)11-13-10-14(16)9-12(2)15(13)19/h9-10,19H,5-8,11H2,1-4H3. The van der Waals surface area contributed by atoms with Crippen molar-refractivity contribution in [3.8, 4) is 5.75 Å². The van der Waals surface area contributed by atoms with Crippen molar-refractivity contribution in [3.63, 3.8) is 0 Å². The largest absolute Gasteiger partial charge is 0.507 e. The second-order valence-corrected chi connectivity index (χ2v) is 6.50. The summed E-state index contributed by atoms with van der Waals surface area (Å²) in [6.07, 6.45) is 1.16. The summed E-state index contributed by atoms with van der Waals surface area (Å²) in [5, 5.41) is 10.1. The minimum atomic E-state index is 0.450. The van der Waals surface area contributed by atoms with Gasteiger partial charge >= 0.3 is 0 Å². The van der Waals surface area contributed by atoms with Gasteiger partial charge in [0.2, 0.25) is 0 Å². The second-order valence-electron chi connectivity index (χ2n) is 5.26. The maximum absolute atomic E-state index is 10.1. The lowest BCUT2D eigenvalue weighted by atomic mass is 10.1. The van der Waals surface area contributed by atoms with Crippen molar-refractivity contribution in [2.45, 2.75) is 26.8 Å². The van der Waals surface area contributed by atoms with E-state index >= 15 is 0 Å². The molecule has 0 radical (unpaired) electrons. The number of aromatic hydroxyl groups is 1. The highest BCUT2D eigenvalue weighted by Gasteiger charge is 2.10. The fourth-order valence-electron chi connectivity index (χ4n) is 2.13. The van der Waals surface area contributed by atoms with Gasteiger partial charge in [-0.05, 0) is 87.4 Å². The third-order valence-electron chi connectivity index (χ3n) is 3.27. The smallest absolute Gasteiger partial charge is 0.123 e. The molecule has 4 heteroatoms. The van der Waals surface area contributed by atoms with E-state index in [9.17, 15) is 5.11 Å². The van der Waals surface area contributed by atoms with E-state index in [0.29, 0.717) is 5.75 Å². The van der Waals surface area contributed by atoms with Crippen LogP contribution in [0.5, 0.6) is 5.75 Å². The van der Waals surface area contributed by atoms with E-state index in [1.165, 1.54) is 3.57 Å². The number of halogens is 1. The number of phenolic OH excluding ortho intramolecular Hbond substituents is 1. The Morgan fingerprint density at radius 2 is 1.89 bits per heavy atom. The molecule has 0 amide bonds. The Morgan fingerprint density at radius 1 is 1.21 bits per heavy atom. The van der Waals surface area contributed by atoms with E-state index in [2.05, 4.69) is 59.5 Å². The highest BCUT2D eigenvalue weighted by atomic mass is 127. The summed E-state index contributed by atoms with van der Waals surface area (Å²) < 4.78 is 1.19. The molecule has 0 aliphatic rings. The normalized spacial score (nSPS) is 11.5. The van der Waals surface area contributed by atoms with Gasteiger partial charge in [-0.15, -0.1) is 0 Å². The monoisotopic (exact) mass is 376 g/mol. The van der Waals surface area contributed by atoms with E-state index in [0.717, 1.165) is 43.7 Å². The van der Waals surface area contributed by atoms with E-state index in [1.807, 2.05) is 13.0 Å². The Hall–Kier alpha value is -0.330. The summed E-state index contributed by atoms with van der Waals surface area (Å²) >= 11 is 2.31. The van der Waals surface area contributed by atoms with Crippen LogP contribution in [0.2, 0.25) is 0 Å². The highest BCUT2D eigenvalue weighted by Crippen LogP contribution is 2.26. The number of hydrogen-bond donors (Lipinski definition) is 1. The first-order valence-corrected chi connectivity index (χ1v) is 7.87. The molecule has 3 nitrogen and oxygen atoms in total. The Labute approximate surface area is 130 Å². The van der Waals surface area contributed by atoms with Crippen LogP contribution in [0.4, 0.5) is 0 Å². The van der Waals surface area contributed by atoms with Gasteiger partial charge in [0, 0.05) is 15.7 Å². The second kappa shape index (κ2) is 8.07. The van der Waals surface area contributed by atoms with Crippen molar-refractivity contribution >= 4 is 22.6 Å². The van der Waals surface area contributed by atoms with Crippen LogP contribution in [-0.4, -0.2) is 48.6 Å². The summed E-state index contributed by atoms with van der Waals surface area (Å²) in [5.41, 5.74) is 2.00. The van der Waals surface area contributed by atoms with Gasteiger partial charge in [-0.1, -0.05) is 6.92 Å². The molecule has 0 spiro atoms. The molecule has 19 heavy (non-hydrogen) atoms. The maximum Gasteiger partial charge on any atom is 0.123 e. The first kappa shape index (κ1) is 16.7. The number of benzene rings is 1. The maximum atomic E-state index is 10.1. The summed E-state index contributed by atoms with van der Waals surface area (Å²) in [6, 6.07) is 4.10. The third kappa shape index (κ3) is 5.67. The van der Waals surface area contributed by atoms with E-state index in [-0.39, 0.29) is 0 Å². The molecule has 108 valence electrons. The fourth-order valence-corrected chi connectivity index (χ4v) is 2.97. The average molecular weight is 376 g/mol. The summed E-state index contributed by atoms with van der Waals surface area (Å²) in [7, 11) is 4.20. The van der Waals surface area contributed by atoms with Crippen LogP contribution >= 0.6 is 22.6 Å². The van der Waals surface area contributed by atoms with Crippen LogP contribution < -0.4 is 0 Å². The third-order valence-corrected chi connectivity index (χ3v) is 3.89. The molecule has 1 aromatic carbocycles. The van der Waals surface area contributed by atoms with Crippen molar-refractivity contribution in [1.29, 1.82) is 0 Å². The van der Waals surface area contributed by atoms with Gasteiger partial charge in [0.15, 0.2) is 0 Å². The topological polar surface area (TPSA) is 26.7 Å². The number of rotatable bonds is 7. The van der Waals surface area contributed by atoms with Crippen molar-refractivity contribution < 1.29 is 5.11 Å². The van der Waals surface area contributed by atoms with Gasteiger partial charge in [0.05, 0.1) is 0 Å². The molecule has 0 aliphatic carbocycles. The molecule has 1 N–H and O–H groups in total. The SMILES string of the molecule is CCN(CCCN(C)C)Cc1cc(I)cc(C)c1O. The quantitative estimate of drug-likeness (QED) is 0.741. The van der Waals surface area contributed by atoms with Crippen LogP contribution in [-0.2, 0) is 6.54 Å². The molecular weight excluding hydrogens is 351 g/mol. The summed E-state index contributed by atoms with van der Waals surface area (Å²) in [5.74, 6) is 0.450. The zero-order chi connectivity index (χ0) is 14.4. The van der Waals surface area contributed by atoms with E-state index in [4.69, 9.17) is 0 Å². The van der Waals surface area contributed by atoms with Gasteiger partial charge in [-0.25, -0.2) is 0 Å². The molecule has 1 rings (SSSR count). The van der Waals surface area contributed by atoms with Crippen LogP contribution in [0, 0.1) is 10.5 Å². The molecule has 1 aromatic rings. The minimum Gasteiger partial charge on any atom is -0.507 e. The Morgan fingerprint density at radius 3 is 2.47 bits per heavy atom.